The summed E-state index contributed by atoms with van der Waals surface area (Å²) in [6, 6.07) is 14.9. The third-order valence-electron chi connectivity index (χ3n) is 2.61. The minimum atomic E-state index is -0.501. The fourth-order valence-corrected chi connectivity index (χ4v) is 2.43. The van der Waals surface area contributed by atoms with Crippen molar-refractivity contribution in [2.24, 2.45) is 0 Å². The second-order valence-corrected chi connectivity index (χ2v) is 6.25. The largest absolute Gasteiger partial charge is 0.483 e. The molecule has 0 saturated heterocycles. The number of ether oxygens (including phenoxy) is 1. The summed E-state index contributed by atoms with van der Waals surface area (Å²) < 4.78 is 7.71. The van der Waals surface area contributed by atoms with Crippen molar-refractivity contribution in [3.63, 3.8) is 0 Å². The highest BCUT2D eigenvalue weighted by molar-refractivity contribution is 14.1. The Hall–Kier alpha value is -0.880. The molecule has 0 aliphatic carbocycles. The first-order valence-corrected chi connectivity index (χ1v) is 7.65. The third-order valence-corrected chi connectivity index (χ3v) is 3.81. The molecule has 0 aromatic heterocycles. The highest BCUT2D eigenvalue weighted by Gasteiger charge is 2.16. The number of rotatable bonds is 4. The lowest BCUT2D eigenvalue weighted by Gasteiger charge is -2.14. The van der Waals surface area contributed by atoms with E-state index >= 15 is 0 Å². The summed E-state index contributed by atoms with van der Waals surface area (Å²) in [5.74, 6) is 0.691. The summed E-state index contributed by atoms with van der Waals surface area (Å²) in [5.41, 5.74) is 0.654. The van der Waals surface area contributed by atoms with Gasteiger partial charge in [0.25, 0.3) is 0 Å². The topological polar surface area (TPSA) is 26.3 Å². The number of benzene rings is 2. The molecule has 0 aliphatic heterocycles. The molecule has 0 saturated carbocycles. The Morgan fingerprint density at radius 3 is 2.53 bits per heavy atom. The van der Waals surface area contributed by atoms with Crippen LogP contribution in [-0.4, -0.2) is 11.9 Å². The molecule has 98 valence electrons. The Morgan fingerprint density at radius 2 is 1.89 bits per heavy atom. The Bertz CT molecular complexity index is 581. The van der Waals surface area contributed by atoms with Crippen molar-refractivity contribution in [1.29, 1.82) is 0 Å². The Morgan fingerprint density at radius 1 is 1.21 bits per heavy atom. The van der Waals surface area contributed by atoms with Gasteiger partial charge >= 0.3 is 0 Å². The van der Waals surface area contributed by atoms with Crippen LogP contribution in [0.1, 0.15) is 17.3 Å². The Labute approximate surface area is 134 Å². The zero-order valence-corrected chi connectivity index (χ0v) is 14.0. The fraction of sp³-hybridized carbons (Fsp3) is 0.133. The molecule has 0 radical (unpaired) electrons. The van der Waals surface area contributed by atoms with Crippen molar-refractivity contribution in [1.82, 2.24) is 0 Å². The second kappa shape index (κ2) is 6.52. The van der Waals surface area contributed by atoms with Gasteiger partial charge in [0.15, 0.2) is 6.10 Å². The number of halogens is 2. The van der Waals surface area contributed by atoms with Crippen molar-refractivity contribution in [3.05, 3.63) is 62.1 Å². The van der Waals surface area contributed by atoms with E-state index in [1.807, 2.05) is 36.4 Å². The number of Topliss-reactive ketones (excluding diaryl/α,β-unsaturated/α-hetero) is 1. The molecule has 1 atom stereocenters. The highest BCUT2D eigenvalue weighted by Crippen LogP contribution is 2.18. The standard InChI is InChI=1S/C15H12BrIO2/c1-10(19-14-4-2-3-13(17)9-14)15(18)11-5-7-12(16)8-6-11/h2-10H,1H3/t10-/m0/s1. The number of carbonyl (C=O) groups is 1. The predicted molar refractivity (Wildman–Crippen MR) is 87.7 cm³/mol. The van der Waals surface area contributed by atoms with Crippen LogP contribution in [0.4, 0.5) is 0 Å². The van der Waals surface area contributed by atoms with Crippen molar-refractivity contribution in [3.8, 4) is 5.75 Å². The summed E-state index contributed by atoms with van der Waals surface area (Å²) >= 11 is 5.56. The summed E-state index contributed by atoms with van der Waals surface area (Å²) in [7, 11) is 0. The van der Waals surface area contributed by atoms with E-state index in [1.54, 1.807) is 19.1 Å². The van der Waals surface area contributed by atoms with Gasteiger partial charge in [-0.3, -0.25) is 4.79 Å². The van der Waals surface area contributed by atoms with Gasteiger partial charge in [-0.15, -0.1) is 0 Å². The highest BCUT2D eigenvalue weighted by atomic mass is 127. The van der Waals surface area contributed by atoms with Crippen LogP contribution >= 0.6 is 38.5 Å². The number of carbonyl (C=O) groups excluding carboxylic acids is 1. The summed E-state index contributed by atoms with van der Waals surface area (Å²) in [6.45, 7) is 1.77. The molecule has 2 aromatic carbocycles. The van der Waals surface area contributed by atoms with E-state index in [-0.39, 0.29) is 5.78 Å². The van der Waals surface area contributed by atoms with E-state index in [4.69, 9.17) is 4.74 Å². The molecule has 0 N–H and O–H groups in total. The van der Waals surface area contributed by atoms with Crippen LogP contribution in [0.5, 0.6) is 5.75 Å². The van der Waals surface area contributed by atoms with Crippen molar-refractivity contribution < 1.29 is 9.53 Å². The summed E-state index contributed by atoms with van der Waals surface area (Å²) in [5, 5.41) is 0. The molecule has 0 heterocycles. The monoisotopic (exact) mass is 430 g/mol. The van der Waals surface area contributed by atoms with Gasteiger partial charge in [-0.05, 0) is 59.8 Å². The van der Waals surface area contributed by atoms with Gasteiger partial charge in [0.05, 0.1) is 0 Å². The molecule has 0 amide bonds. The molecular weight excluding hydrogens is 419 g/mol. The molecule has 2 aromatic rings. The lowest BCUT2D eigenvalue weighted by molar-refractivity contribution is 0.0818. The molecule has 0 spiro atoms. The van der Waals surface area contributed by atoms with Crippen LogP contribution < -0.4 is 4.74 Å². The van der Waals surface area contributed by atoms with Gasteiger partial charge in [-0.2, -0.15) is 0 Å². The van der Waals surface area contributed by atoms with Crippen molar-refractivity contribution in [2.45, 2.75) is 13.0 Å². The van der Waals surface area contributed by atoms with E-state index in [0.717, 1.165) is 8.04 Å². The molecule has 0 unspecified atom stereocenters. The van der Waals surface area contributed by atoms with E-state index in [1.165, 1.54) is 0 Å². The molecular formula is C15H12BrIO2. The minimum absolute atomic E-state index is 0.0219. The quantitative estimate of drug-likeness (QED) is 0.519. The SMILES string of the molecule is C[C@H](Oc1cccc(I)c1)C(=O)c1ccc(Br)cc1. The molecule has 19 heavy (non-hydrogen) atoms. The van der Waals surface area contributed by atoms with Gasteiger partial charge in [0.1, 0.15) is 5.75 Å². The first-order valence-electron chi connectivity index (χ1n) is 5.78. The van der Waals surface area contributed by atoms with E-state index in [0.29, 0.717) is 11.3 Å². The molecule has 0 fully saturated rings. The maximum atomic E-state index is 12.2. The van der Waals surface area contributed by atoms with Crippen LogP contribution in [0.3, 0.4) is 0 Å². The first kappa shape index (κ1) is 14.5. The van der Waals surface area contributed by atoms with Gasteiger partial charge in [0, 0.05) is 13.6 Å². The Balaban J connectivity index is 2.09. The molecule has 2 rings (SSSR count). The average Bonchev–Trinajstić information content (AvgIpc) is 2.39. The lowest BCUT2D eigenvalue weighted by atomic mass is 10.1. The van der Waals surface area contributed by atoms with Gasteiger partial charge in [-0.1, -0.05) is 34.1 Å². The Kier molecular flexibility index (Phi) is 4.99. The molecule has 4 heteroatoms. The zero-order valence-electron chi connectivity index (χ0n) is 10.3. The van der Waals surface area contributed by atoms with Crippen LogP contribution in [0.15, 0.2) is 53.0 Å². The molecule has 0 bridgehead atoms. The van der Waals surface area contributed by atoms with Gasteiger partial charge in [0.2, 0.25) is 5.78 Å². The normalized spacial score (nSPS) is 11.9. The van der Waals surface area contributed by atoms with Crippen LogP contribution in [0, 0.1) is 3.57 Å². The van der Waals surface area contributed by atoms with E-state index in [9.17, 15) is 4.79 Å². The van der Waals surface area contributed by atoms with Crippen molar-refractivity contribution >= 4 is 44.3 Å². The number of hydrogen-bond acceptors (Lipinski definition) is 2. The zero-order chi connectivity index (χ0) is 13.8. The van der Waals surface area contributed by atoms with Gasteiger partial charge in [-0.25, -0.2) is 0 Å². The molecule has 0 aliphatic rings. The van der Waals surface area contributed by atoms with E-state index in [2.05, 4.69) is 38.5 Å². The van der Waals surface area contributed by atoms with Crippen LogP contribution in [0.2, 0.25) is 0 Å². The minimum Gasteiger partial charge on any atom is -0.483 e. The maximum absolute atomic E-state index is 12.2. The van der Waals surface area contributed by atoms with Gasteiger partial charge < -0.3 is 4.74 Å². The maximum Gasteiger partial charge on any atom is 0.202 e. The smallest absolute Gasteiger partial charge is 0.202 e. The van der Waals surface area contributed by atoms with Crippen molar-refractivity contribution in [2.75, 3.05) is 0 Å². The second-order valence-electron chi connectivity index (χ2n) is 4.09. The average molecular weight is 431 g/mol. The summed E-state index contributed by atoms with van der Waals surface area (Å²) in [6.07, 6.45) is -0.501. The predicted octanol–water partition coefficient (Wildman–Crippen LogP) is 4.70. The van der Waals surface area contributed by atoms with Crippen LogP contribution in [0.25, 0.3) is 0 Å². The number of hydrogen-bond donors (Lipinski definition) is 0. The lowest BCUT2D eigenvalue weighted by Crippen LogP contribution is -2.23. The summed E-state index contributed by atoms with van der Waals surface area (Å²) in [4.78, 5) is 12.2. The van der Waals surface area contributed by atoms with E-state index < -0.39 is 6.10 Å². The first-order chi connectivity index (χ1) is 9.06. The molecule has 2 nitrogen and oxygen atoms in total. The third kappa shape index (κ3) is 4.04. The number of ketones is 1. The fourth-order valence-electron chi connectivity index (χ4n) is 1.65. The van der Waals surface area contributed by atoms with Crippen LogP contribution in [-0.2, 0) is 0 Å².